The first-order chi connectivity index (χ1) is 13.0. The summed E-state index contributed by atoms with van der Waals surface area (Å²) in [5, 5.41) is 12.7. The van der Waals surface area contributed by atoms with Gasteiger partial charge in [-0.05, 0) is 42.0 Å². The monoisotopic (exact) mass is 404 g/mol. The number of halogens is 2. The molecule has 0 aromatic heterocycles. The average molecular weight is 405 g/mol. The number of benzene rings is 2. The van der Waals surface area contributed by atoms with E-state index < -0.39 is 5.91 Å². The second kappa shape index (κ2) is 8.21. The van der Waals surface area contributed by atoms with E-state index in [0.29, 0.717) is 46.7 Å². The summed E-state index contributed by atoms with van der Waals surface area (Å²) in [6.07, 6.45) is 1.43. The number of hydrogen-bond acceptors (Lipinski definition) is 5. The highest BCUT2D eigenvalue weighted by molar-refractivity contribution is 6.36. The maximum absolute atomic E-state index is 12.4. The Morgan fingerprint density at radius 1 is 1.26 bits per heavy atom. The first kappa shape index (κ1) is 18.9. The molecule has 6 nitrogen and oxygen atoms in total. The summed E-state index contributed by atoms with van der Waals surface area (Å²) >= 11 is 11.9. The minimum absolute atomic E-state index is 0.111. The van der Waals surface area contributed by atoms with Crippen molar-refractivity contribution >= 4 is 40.9 Å². The van der Waals surface area contributed by atoms with Gasteiger partial charge in [0.05, 0.1) is 17.8 Å². The molecular weight excluding hydrogens is 391 g/mol. The highest BCUT2D eigenvalue weighted by Gasteiger charge is 2.19. The number of ether oxygens (including phenoxy) is 3. The molecular formula is C19H14Cl2N2O4. The molecule has 1 heterocycles. The summed E-state index contributed by atoms with van der Waals surface area (Å²) in [4.78, 5) is 12.4. The van der Waals surface area contributed by atoms with Gasteiger partial charge in [-0.15, -0.1) is 0 Å². The van der Waals surface area contributed by atoms with Gasteiger partial charge in [0.15, 0.2) is 11.5 Å². The number of nitrogens with zero attached hydrogens (tertiary/aromatic N) is 1. The fourth-order valence-corrected chi connectivity index (χ4v) is 2.93. The van der Waals surface area contributed by atoms with Gasteiger partial charge < -0.3 is 19.5 Å². The Morgan fingerprint density at radius 2 is 2.04 bits per heavy atom. The van der Waals surface area contributed by atoms with Crippen LogP contribution in [0.2, 0.25) is 10.0 Å². The van der Waals surface area contributed by atoms with Gasteiger partial charge in [-0.2, -0.15) is 5.26 Å². The van der Waals surface area contributed by atoms with Crippen molar-refractivity contribution in [2.75, 3.05) is 25.6 Å². The predicted octanol–water partition coefficient (Wildman–Crippen LogP) is 4.32. The molecule has 2 aromatic carbocycles. The van der Waals surface area contributed by atoms with Crippen LogP contribution in [0, 0.1) is 11.3 Å². The number of carbonyl (C=O) groups is 1. The van der Waals surface area contributed by atoms with Crippen molar-refractivity contribution < 1.29 is 19.0 Å². The minimum Gasteiger partial charge on any atom is -0.493 e. The van der Waals surface area contributed by atoms with E-state index in [1.54, 1.807) is 24.3 Å². The van der Waals surface area contributed by atoms with Crippen molar-refractivity contribution in [3.63, 3.8) is 0 Å². The van der Waals surface area contributed by atoms with Gasteiger partial charge in [0.25, 0.3) is 5.91 Å². The molecule has 2 aromatic rings. The van der Waals surface area contributed by atoms with E-state index in [1.807, 2.05) is 6.07 Å². The molecule has 3 rings (SSSR count). The van der Waals surface area contributed by atoms with Gasteiger partial charge in [-0.1, -0.05) is 23.2 Å². The molecule has 1 aliphatic rings. The third-order valence-corrected chi connectivity index (χ3v) is 4.25. The van der Waals surface area contributed by atoms with Crippen LogP contribution in [0.1, 0.15) is 5.56 Å². The molecule has 0 unspecified atom stereocenters. The molecule has 0 saturated carbocycles. The van der Waals surface area contributed by atoms with Crippen LogP contribution in [0.3, 0.4) is 0 Å². The Balaban J connectivity index is 1.89. The average Bonchev–Trinajstić information content (AvgIpc) is 2.67. The van der Waals surface area contributed by atoms with Crippen molar-refractivity contribution in [3.05, 3.63) is 51.5 Å². The Hall–Kier alpha value is -2.88. The van der Waals surface area contributed by atoms with E-state index in [0.717, 1.165) is 0 Å². The van der Waals surface area contributed by atoms with Crippen molar-refractivity contribution in [2.24, 2.45) is 0 Å². The highest BCUT2D eigenvalue weighted by Crippen LogP contribution is 2.40. The largest absolute Gasteiger partial charge is 0.493 e. The Bertz CT molecular complexity index is 950. The third-order valence-electron chi connectivity index (χ3n) is 3.71. The molecule has 27 heavy (non-hydrogen) atoms. The zero-order valence-electron chi connectivity index (χ0n) is 14.2. The van der Waals surface area contributed by atoms with Crippen LogP contribution < -0.4 is 19.5 Å². The number of carbonyl (C=O) groups excluding carboxylic acids is 1. The van der Waals surface area contributed by atoms with E-state index in [9.17, 15) is 10.1 Å². The zero-order chi connectivity index (χ0) is 19.4. The number of nitrogens with one attached hydrogen (secondary N) is 1. The fraction of sp³-hybridized carbons (Fsp3) is 0.158. The second-order valence-corrected chi connectivity index (χ2v) is 6.34. The summed E-state index contributed by atoms with van der Waals surface area (Å²) in [6, 6.07) is 9.87. The molecule has 8 heteroatoms. The number of nitriles is 1. The molecule has 0 radical (unpaired) electrons. The first-order valence-electron chi connectivity index (χ1n) is 7.87. The molecule has 1 N–H and O–H groups in total. The lowest BCUT2D eigenvalue weighted by atomic mass is 10.1. The van der Waals surface area contributed by atoms with Crippen LogP contribution in [0.5, 0.6) is 17.2 Å². The zero-order valence-corrected chi connectivity index (χ0v) is 15.7. The Kier molecular flexibility index (Phi) is 5.75. The first-order valence-corrected chi connectivity index (χ1v) is 8.63. The van der Waals surface area contributed by atoms with Crippen LogP contribution >= 0.6 is 23.2 Å². The minimum atomic E-state index is -0.601. The lowest BCUT2D eigenvalue weighted by molar-refractivity contribution is -0.112. The number of amides is 1. The van der Waals surface area contributed by atoms with Crippen LogP contribution in [0.25, 0.3) is 6.08 Å². The Morgan fingerprint density at radius 3 is 2.74 bits per heavy atom. The van der Waals surface area contributed by atoms with Gasteiger partial charge >= 0.3 is 0 Å². The van der Waals surface area contributed by atoms with Crippen molar-refractivity contribution in [1.29, 1.82) is 5.26 Å². The number of methoxy groups -OCH3 is 1. The SMILES string of the molecule is COc1cc(/C=C(\C#N)C(=O)Nc2ccc(Cl)cc2Cl)cc2c1OCCO2. The van der Waals surface area contributed by atoms with E-state index >= 15 is 0 Å². The number of fused-ring (bicyclic) bond motifs is 1. The van der Waals surface area contributed by atoms with E-state index in [2.05, 4.69) is 5.32 Å². The highest BCUT2D eigenvalue weighted by atomic mass is 35.5. The maximum Gasteiger partial charge on any atom is 0.266 e. The molecule has 0 bridgehead atoms. The van der Waals surface area contributed by atoms with Gasteiger partial charge in [0.1, 0.15) is 24.9 Å². The molecule has 138 valence electrons. The quantitative estimate of drug-likeness (QED) is 0.606. The lowest BCUT2D eigenvalue weighted by Crippen LogP contribution is -2.16. The predicted molar refractivity (Wildman–Crippen MR) is 103 cm³/mol. The molecule has 1 amide bonds. The lowest BCUT2D eigenvalue weighted by Gasteiger charge is -2.21. The standard InChI is InChI=1S/C19H14Cl2N2O4/c1-25-16-7-11(8-17-18(16)27-5-4-26-17)6-12(10-22)19(24)23-15-3-2-13(20)9-14(15)21/h2-3,6-9H,4-5H2,1H3,(H,23,24)/b12-6+. The van der Waals surface area contributed by atoms with Crippen LogP contribution in [0.4, 0.5) is 5.69 Å². The molecule has 0 saturated heterocycles. The van der Waals surface area contributed by atoms with Crippen LogP contribution in [-0.4, -0.2) is 26.2 Å². The van der Waals surface area contributed by atoms with Crippen molar-refractivity contribution in [1.82, 2.24) is 0 Å². The number of rotatable bonds is 4. The van der Waals surface area contributed by atoms with E-state index in [1.165, 1.54) is 19.3 Å². The smallest absolute Gasteiger partial charge is 0.266 e. The van der Waals surface area contributed by atoms with Gasteiger partial charge in [-0.25, -0.2) is 0 Å². The summed E-state index contributed by atoms with van der Waals surface area (Å²) in [5.74, 6) is 0.842. The summed E-state index contributed by atoms with van der Waals surface area (Å²) in [7, 11) is 1.50. The van der Waals surface area contributed by atoms with Crippen molar-refractivity contribution in [2.45, 2.75) is 0 Å². The molecule has 0 spiro atoms. The summed E-state index contributed by atoms with van der Waals surface area (Å²) in [5.41, 5.74) is 0.803. The van der Waals surface area contributed by atoms with Gasteiger partial charge in [0, 0.05) is 5.02 Å². The van der Waals surface area contributed by atoms with Crippen LogP contribution in [0.15, 0.2) is 35.9 Å². The number of anilines is 1. The summed E-state index contributed by atoms with van der Waals surface area (Å²) in [6.45, 7) is 0.830. The van der Waals surface area contributed by atoms with Gasteiger partial charge in [-0.3, -0.25) is 4.79 Å². The van der Waals surface area contributed by atoms with E-state index in [-0.39, 0.29) is 10.6 Å². The van der Waals surface area contributed by atoms with Crippen LogP contribution in [-0.2, 0) is 4.79 Å². The Labute approximate surface area is 165 Å². The fourth-order valence-electron chi connectivity index (χ4n) is 2.47. The third kappa shape index (κ3) is 4.27. The number of hydrogen-bond donors (Lipinski definition) is 1. The molecule has 0 aliphatic carbocycles. The van der Waals surface area contributed by atoms with Crippen molar-refractivity contribution in [3.8, 4) is 23.3 Å². The molecule has 0 atom stereocenters. The van der Waals surface area contributed by atoms with E-state index in [4.69, 9.17) is 37.4 Å². The summed E-state index contributed by atoms with van der Waals surface area (Å²) < 4.78 is 16.4. The topological polar surface area (TPSA) is 80.6 Å². The second-order valence-electron chi connectivity index (χ2n) is 5.50. The normalized spacial score (nSPS) is 12.9. The van der Waals surface area contributed by atoms with Gasteiger partial charge in [0.2, 0.25) is 5.75 Å². The maximum atomic E-state index is 12.4. The molecule has 0 fully saturated rings. The molecule has 1 aliphatic heterocycles.